The molecule has 0 aliphatic heterocycles. The highest BCUT2D eigenvalue weighted by Crippen LogP contribution is 2.31. The van der Waals surface area contributed by atoms with Crippen molar-refractivity contribution >= 4 is 11.6 Å². The van der Waals surface area contributed by atoms with Gasteiger partial charge in [0.05, 0.1) is 5.56 Å². The van der Waals surface area contributed by atoms with Crippen LogP contribution in [-0.4, -0.2) is 29.2 Å². The summed E-state index contributed by atoms with van der Waals surface area (Å²) in [7, 11) is 0. The van der Waals surface area contributed by atoms with Gasteiger partial charge in [0.2, 0.25) is 5.82 Å². The van der Waals surface area contributed by atoms with Gasteiger partial charge < -0.3 is 14.2 Å². The summed E-state index contributed by atoms with van der Waals surface area (Å²) < 4.78 is 11.4. The van der Waals surface area contributed by atoms with Gasteiger partial charge in [-0.3, -0.25) is 4.79 Å². The molecule has 0 saturated carbocycles. The van der Waals surface area contributed by atoms with Crippen LogP contribution in [0.15, 0.2) is 83.4 Å². The van der Waals surface area contributed by atoms with Crippen molar-refractivity contribution in [3.63, 3.8) is 0 Å². The Morgan fingerprint density at radius 3 is 2.35 bits per heavy atom. The fourth-order valence-corrected chi connectivity index (χ4v) is 3.36. The predicted molar refractivity (Wildman–Crippen MR) is 120 cm³/mol. The molecule has 3 aromatic carbocycles. The summed E-state index contributed by atoms with van der Waals surface area (Å²) in [6, 6.07) is 24.7. The smallest absolute Gasteiger partial charge is 0.264 e. The zero-order chi connectivity index (χ0) is 21.6. The molecule has 1 aromatic heterocycles. The monoisotopic (exact) mass is 413 g/mol. The second-order valence-electron chi connectivity index (χ2n) is 7.00. The maximum absolute atomic E-state index is 12.8. The molecule has 6 nitrogen and oxygen atoms in total. The summed E-state index contributed by atoms with van der Waals surface area (Å²) >= 11 is 0. The summed E-state index contributed by atoms with van der Waals surface area (Å²) in [6.45, 7) is 4.39. The molecule has 4 aromatic rings. The minimum absolute atomic E-state index is 0.0987. The number of para-hydroxylation sites is 2. The maximum atomic E-state index is 12.8. The first-order chi connectivity index (χ1) is 15.2. The third-order valence-electron chi connectivity index (χ3n) is 4.97. The quantitative estimate of drug-likeness (QED) is 0.419. The average molecular weight is 413 g/mol. The molecule has 1 heterocycles. The van der Waals surface area contributed by atoms with Crippen molar-refractivity contribution in [3.05, 3.63) is 84.4 Å². The van der Waals surface area contributed by atoms with Crippen molar-refractivity contribution in [1.29, 1.82) is 0 Å². The van der Waals surface area contributed by atoms with Gasteiger partial charge >= 0.3 is 0 Å². The molecule has 31 heavy (non-hydrogen) atoms. The SMILES string of the molecule is CCN(C(=O)COc1ccccc1-c1nc(-c2ccccc2C)no1)c1ccccc1. The summed E-state index contributed by atoms with van der Waals surface area (Å²) in [4.78, 5) is 19.0. The van der Waals surface area contributed by atoms with E-state index >= 15 is 0 Å². The Hall–Kier alpha value is -3.93. The second-order valence-corrected chi connectivity index (χ2v) is 7.00. The molecule has 0 aliphatic carbocycles. The molecule has 6 heteroatoms. The molecule has 0 unspecified atom stereocenters. The Balaban J connectivity index is 1.53. The van der Waals surface area contributed by atoms with Gasteiger partial charge in [-0.1, -0.05) is 59.8 Å². The highest BCUT2D eigenvalue weighted by atomic mass is 16.5. The van der Waals surface area contributed by atoms with Crippen LogP contribution in [0.1, 0.15) is 12.5 Å². The number of aromatic nitrogens is 2. The van der Waals surface area contributed by atoms with E-state index in [2.05, 4.69) is 10.1 Å². The molecule has 0 radical (unpaired) electrons. The fraction of sp³-hybridized carbons (Fsp3) is 0.160. The first-order valence-corrected chi connectivity index (χ1v) is 10.1. The van der Waals surface area contributed by atoms with Gasteiger partial charge in [-0.2, -0.15) is 4.98 Å². The lowest BCUT2D eigenvalue weighted by Crippen LogP contribution is -2.34. The first kappa shape index (κ1) is 20.3. The van der Waals surface area contributed by atoms with E-state index in [1.807, 2.05) is 86.6 Å². The molecule has 0 fully saturated rings. The fourth-order valence-electron chi connectivity index (χ4n) is 3.36. The van der Waals surface area contributed by atoms with E-state index in [4.69, 9.17) is 9.26 Å². The molecule has 0 atom stereocenters. The molecule has 0 N–H and O–H groups in total. The molecule has 156 valence electrons. The number of rotatable bonds is 7. The molecular formula is C25H23N3O3. The molecule has 0 aliphatic rings. The number of hydrogen-bond acceptors (Lipinski definition) is 5. The Morgan fingerprint density at radius 1 is 0.935 bits per heavy atom. The largest absolute Gasteiger partial charge is 0.483 e. The Morgan fingerprint density at radius 2 is 1.61 bits per heavy atom. The number of amides is 1. The number of carbonyl (C=O) groups is 1. The van der Waals surface area contributed by atoms with E-state index < -0.39 is 0 Å². The number of ether oxygens (including phenoxy) is 1. The van der Waals surface area contributed by atoms with E-state index in [0.717, 1.165) is 16.8 Å². The Kier molecular flexibility index (Phi) is 6.08. The number of nitrogens with zero attached hydrogens (tertiary/aromatic N) is 3. The maximum Gasteiger partial charge on any atom is 0.264 e. The second kappa shape index (κ2) is 9.26. The highest BCUT2D eigenvalue weighted by Gasteiger charge is 2.18. The van der Waals surface area contributed by atoms with Crippen LogP contribution in [0.3, 0.4) is 0 Å². The van der Waals surface area contributed by atoms with Crippen LogP contribution in [0.5, 0.6) is 5.75 Å². The molecule has 0 spiro atoms. The number of carbonyl (C=O) groups excluding carboxylic acids is 1. The lowest BCUT2D eigenvalue weighted by Gasteiger charge is -2.21. The van der Waals surface area contributed by atoms with E-state index in [1.165, 1.54) is 0 Å². The van der Waals surface area contributed by atoms with Gasteiger partial charge in [0.1, 0.15) is 5.75 Å². The third kappa shape index (κ3) is 4.48. The van der Waals surface area contributed by atoms with Crippen LogP contribution in [0.4, 0.5) is 5.69 Å². The molecular weight excluding hydrogens is 390 g/mol. The highest BCUT2D eigenvalue weighted by molar-refractivity contribution is 5.94. The number of benzene rings is 3. The van der Waals surface area contributed by atoms with E-state index in [-0.39, 0.29) is 12.5 Å². The van der Waals surface area contributed by atoms with Gasteiger partial charge in [0.15, 0.2) is 6.61 Å². The van der Waals surface area contributed by atoms with E-state index in [1.54, 1.807) is 11.0 Å². The van der Waals surface area contributed by atoms with Crippen molar-refractivity contribution in [1.82, 2.24) is 10.1 Å². The summed E-state index contributed by atoms with van der Waals surface area (Å²) in [5.41, 5.74) is 3.45. The Bertz CT molecular complexity index is 1170. The van der Waals surface area contributed by atoms with Crippen molar-refractivity contribution in [3.8, 4) is 28.6 Å². The molecule has 1 amide bonds. The number of hydrogen-bond donors (Lipinski definition) is 0. The number of likely N-dealkylation sites (N-methyl/N-ethyl adjacent to an activating group) is 1. The minimum Gasteiger partial charge on any atom is -0.483 e. The van der Waals surface area contributed by atoms with Gasteiger partial charge in [-0.05, 0) is 43.7 Å². The van der Waals surface area contributed by atoms with Gasteiger partial charge in [-0.25, -0.2) is 0 Å². The van der Waals surface area contributed by atoms with Crippen molar-refractivity contribution in [2.45, 2.75) is 13.8 Å². The normalized spacial score (nSPS) is 10.6. The molecule has 0 saturated heterocycles. The summed E-state index contributed by atoms with van der Waals surface area (Å²) in [5.74, 6) is 1.24. The van der Waals surface area contributed by atoms with Gasteiger partial charge in [0, 0.05) is 17.8 Å². The standard InChI is InChI=1S/C25H23N3O3/c1-3-28(19-12-5-4-6-13-19)23(29)17-30-22-16-10-9-15-21(22)25-26-24(27-31-25)20-14-8-7-11-18(20)2/h4-16H,3,17H2,1-2H3. The van der Waals surface area contributed by atoms with Crippen LogP contribution >= 0.6 is 0 Å². The van der Waals surface area contributed by atoms with Crippen LogP contribution in [0, 0.1) is 6.92 Å². The zero-order valence-corrected chi connectivity index (χ0v) is 17.5. The van der Waals surface area contributed by atoms with Gasteiger partial charge in [-0.15, -0.1) is 0 Å². The van der Waals surface area contributed by atoms with Crippen molar-refractivity contribution < 1.29 is 14.1 Å². The first-order valence-electron chi connectivity index (χ1n) is 10.1. The van der Waals surface area contributed by atoms with E-state index in [0.29, 0.717) is 29.6 Å². The lowest BCUT2D eigenvalue weighted by molar-refractivity contribution is -0.120. The average Bonchev–Trinajstić information content (AvgIpc) is 3.29. The van der Waals surface area contributed by atoms with Crippen LogP contribution in [-0.2, 0) is 4.79 Å². The lowest BCUT2D eigenvalue weighted by atomic mass is 10.1. The number of anilines is 1. The molecule has 4 rings (SSSR count). The van der Waals surface area contributed by atoms with Crippen LogP contribution in [0.25, 0.3) is 22.8 Å². The van der Waals surface area contributed by atoms with Crippen LogP contribution < -0.4 is 9.64 Å². The van der Waals surface area contributed by atoms with Crippen LogP contribution in [0.2, 0.25) is 0 Å². The summed E-state index contributed by atoms with van der Waals surface area (Å²) in [6.07, 6.45) is 0. The number of aryl methyl sites for hydroxylation is 1. The predicted octanol–water partition coefficient (Wildman–Crippen LogP) is 5.14. The topological polar surface area (TPSA) is 68.5 Å². The zero-order valence-electron chi connectivity index (χ0n) is 17.5. The summed E-state index contributed by atoms with van der Waals surface area (Å²) in [5, 5.41) is 4.12. The minimum atomic E-state index is -0.130. The third-order valence-corrected chi connectivity index (χ3v) is 4.97. The van der Waals surface area contributed by atoms with Crippen molar-refractivity contribution in [2.75, 3.05) is 18.1 Å². The van der Waals surface area contributed by atoms with Gasteiger partial charge in [0.25, 0.3) is 11.8 Å². The Labute approximate surface area is 181 Å². The van der Waals surface area contributed by atoms with E-state index in [9.17, 15) is 4.79 Å². The molecule has 0 bridgehead atoms. The van der Waals surface area contributed by atoms with Crippen molar-refractivity contribution in [2.24, 2.45) is 0 Å².